The number of carbonyl (C=O) groups is 1. The van der Waals surface area contributed by atoms with Gasteiger partial charge in [0.25, 0.3) is 0 Å². The summed E-state index contributed by atoms with van der Waals surface area (Å²) in [6, 6.07) is 2.48. The summed E-state index contributed by atoms with van der Waals surface area (Å²) in [5, 5.41) is 5.69. The molecule has 0 radical (unpaired) electrons. The van der Waals surface area contributed by atoms with E-state index >= 15 is 0 Å². The van der Waals surface area contributed by atoms with Gasteiger partial charge in [-0.25, -0.2) is 13.6 Å². The first kappa shape index (κ1) is 16.4. The monoisotopic (exact) mass is 326 g/mol. The normalized spacial score (nSPS) is 18.1. The summed E-state index contributed by atoms with van der Waals surface area (Å²) < 4.78 is 33.3. The van der Waals surface area contributed by atoms with Gasteiger partial charge in [0.1, 0.15) is 11.6 Å². The van der Waals surface area contributed by atoms with Crippen molar-refractivity contribution in [3.63, 3.8) is 0 Å². The van der Waals surface area contributed by atoms with Gasteiger partial charge in [-0.15, -0.1) is 0 Å². The summed E-state index contributed by atoms with van der Waals surface area (Å²) in [5.41, 5.74) is 0.245. The van der Waals surface area contributed by atoms with E-state index in [1.54, 1.807) is 20.8 Å². The lowest BCUT2D eigenvalue weighted by Crippen LogP contribution is -2.45. The lowest BCUT2D eigenvalue weighted by molar-refractivity contribution is -0.143. The molecule has 2 N–H and O–H groups in total. The Kier molecular flexibility index (Phi) is 4.75. The van der Waals surface area contributed by atoms with Crippen LogP contribution in [0.25, 0.3) is 0 Å². The van der Waals surface area contributed by atoms with Crippen LogP contribution in [0.3, 0.4) is 0 Å². The standard InChI is InChI=1S/C15H16F2N2O2S/c1-7(2)21-14(20)11-8(3)18-15(22)19-13(11)12-9(16)5-4-6-10(12)17/h4-7,13H,1-3H3,(H2,18,19,22)/t13-/m1/s1. The van der Waals surface area contributed by atoms with Gasteiger partial charge in [0, 0.05) is 5.70 Å². The van der Waals surface area contributed by atoms with E-state index in [0.29, 0.717) is 5.70 Å². The smallest absolute Gasteiger partial charge is 0.338 e. The molecule has 0 unspecified atom stereocenters. The van der Waals surface area contributed by atoms with Gasteiger partial charge in [-0.2, -0.15) is 0 Å². The first-order chi connectivity index (χ1) is 10.3. The molecule has 4 nitrogen and oxygen atoms in total. The van der Waals surface area contributed by atoms with Gasteiger partial charge in [0.2, 0.25) is 0 Å². The first-order valence-electron chi connectivity index (χ1n) is 6.74. The average molecular weight is 326 g/mol. The molecule has 118 valence electrons. The minimum absolute atomic E-state index is 0.103. The molecule has 2 rings (SSSR count). The van der Waals surface area contributed by atoms with Crippen LogP contribution in [0.2, 0.25) is 0 Å². The van der Waals surface area contributed by atoms with Crippen LogP contribution in [0.15, 0.2) is 29.5 Å². The van der Waals surface area contributed by atoms with Crippen molar-refractivity contribution in [3.05, 3.63) is 46.7 Å². The Bertz CT molecular complexity index is 639. The van der Waals surface area contributed by atoms with Gasteiger partial charge in [0.05, 0.1) is 23.3 Å². The molecule has 1 aromatic carbocycles. The van der Waals surface area contributed by atoms with Gasteiger partial charge >= 0.3 is 5.97 Å². The molecule has 0 bridgehead atoms. The molecule has 1 aliphatic rings. The van der Waals surface area contributed by atoms with Crippen molar-refractivity contribution >= 4 is 23.3 Å². The maximum Gasteiger partial charge on any atom is 0.338 e. The van der Waals surface area contributed by atoms with Crippen molar-refractivity contribution in [2.75, 3.05) is 0 Å². The number of ether oxygens (including phenoxy) is 1. The molecule has 1 aliphatic heterocycles. The van der Waals surface area contributed by atoms with Crippen LogP contribution in [0.1, 0.15) is 32.4 Å². The van der Waals surface area contributed by atoms with Gasteiger partial charge in [0.15, 0.2) is 5.11 Å². The average Bonchev–Trinajstić information content (AvgIpc) is 2.36. The van der Waals surface area contributed by atoms with Crippen LogP contribution < -0.4 is 10.6 Å². The van der Waals surface area contributed by atoms with Crippen molar-refractivity contribution in [1.82, 2.24) is 10.6 Å². The van der Waals surface area contributed by atoms with Crippen LogP contribution in [0.4, 0.5) is 8.78 Å². The Morgan fingerprint density at radius 1 is 1.32 bits per heavy atom. The molecule has 1 aromatic rings. The van der Waals surface area contributed by atoms with E-state index in [1.807, 2.05) is 0 Å². The molecule has 22 heavy (non-hydrogen) atoms. The minimum Gasteiger partial charge on any atom is -0.459 e. The second kappa shape index (κ2) is 6.39. The third kappa shape index (κ3) is 3.24. The zero-order valence-corrected chi connectivity index (χ0v) is 13.2. The SMILES string of the molecule is CC1=C(C(=O)OC(C)C)[C@H](c2c(F)cccc2F)NC(=S)N1. The Balaban J connectivity index is 2.53. The van der Waals surface area contributed by atoms with E-state index in [1.165, 1.54) is 6.07 Å². The Morgan fingerprint density at radius 3 is 2.45 bits per heavy atom. The highest BCUT2D eigenvalue weighted by molar-refractivity contribution is 7.80. The van der Waals surface area contributed by atoms with E-state index in [9.17, 15) is 13.6 Å². The van der Waals surface area contributed by atoms with E-state index in [2.05, 4.69) is 10.6 Å². The molecular formula is C15H16F2N2O2S. The molecule has 0 saturated carbocycles. The second-order valence-electron chi connectivity index (χ2n) is 5.16. The van der Waals surface area contributed by atoms with E-state index in [4.69, 9.17) is 17.0 Å². The molecule has 0 spiro atoms. The Hall–Kier alpha value is -2.02. The Labute approximate surface area is 132 Å². The fraction of sp³-hybridized carbons (Fsp3) is 0.333. The van der Waals surface area contributed by atoms with Gasteiger partial charge in [-0.3, -0.25) is 0 Å². The lowest BCUT2D eigenvalue weighted by atomic mass is 9.94. The zero-order chi connectivity index (χ0) is 16.4. The molecular weight excluding hydrogens is 310 g/mol. The molecule has 0 aliphatic carbocycles. The van der Waals surface area contributed by atoms with E-state index < -0.39 is 23.6 Å². The van der Waals surface area contributed by atoms with E-state index in [0.717, 1.165) is 12.1 Å². The largest absolute Gasteiger partial charge is 0.459 e. The Morgan fingerprint density at radius 2 is 1.91 bits per heavy atom. The van der Waals surface area contributed by atoms with Crippen molar-refractivity contribution in [1.29, 1.82) is 0 Å². The molecule has 0 amide bonds. The molecule has 0 aromatic heterocycles. The number of halogens is 2. The highest BCUT2D eigenvalue weighted by Gasteiger charge is 2.34. The highest BCUT2D eigenvalue weighted by Crippen LogP contribution is 2.31. The molecule has 1 atom stereocenters. The predicted molar refractivity (Wildman–Crippen MR) is 81.9 cm³/mol. The van der Waals surface area contributed by atoms with Crippen molar-refractivity contribution < 1.29 is 18.3 Å². The second-order valence-corrected chi connectivity index (χ2v) is 5.57. The van der Waals surface area contributed by atoms with Gasteiger partial charge < -0.3 is 15.4 Å². The van der Waals surface area contributed by atoms with Crippen LogP contribution in [0, 0.1) is 11.6 Å². The number of benzene rings is 1. The maximum absolute atomic E-state index is 14.1. The number of thiocarbonyl (C=S) groups is 1. The zero-order valence-electron chi connectivity index (χ0n) is 12.4. The number of hydrogen-bond acceptors (Lipinski definition) is 3. The van der Waals surface area contributed by atoms with Crippen LogP contribution in [-0.2, 0) is 9.53 Å². The number of hydrogen-bond donors (Lipinski definition) is 2. The van der Waals surface area contributed by atoms with Gasteiger partial charge in [-0.1, -0.05) is 6.07 Å². The lowest BCUT2D eigenvalue weighted by Gasteiger charge is -2.30. The molecule has 0 fully saturated rings. The third-order valence-electron chi connectivity index (χ3n) is 3.12. The highest BCUT2D eigenvalue weighted by atomic mass is 32.1. The van der Waals surface area contributed by atoms with Crippen molar-refractivity contribution in [2.45, 2.75) is 32.9 Å². The number of carbonyl (C=O) groups excluding carboxylic acids is 1. The van der Waals surface area contributed by atoms with Crippen LogP contribution in [0.5, 0.6) is 0 Å². The fourth-order valence-corrected chi connectivity index (χ4v) is 2.52. The molecule has 7 heteroatoms. The minimum atomic E-state index is -1.04. The summed E-state index contributed by atoms with van der Waals surface area (Å²) in [4.78, 5) is 12.3. The third-order valence-corrected chi connectivity index (χ3v) is 3.34. The number of rotatable bonds is 3. The quantitative estimate of drug-likeness (QED) is 0.661. The summed E-state index contributed by atoms with van der Waals surface area (Å²) in [6.45, 7) is 5.00. The van der Waals surface area contributed by atoms with Crippen molar-refractivity contribution in [3.8, 4) is 0 Å². The first-order valence-corrected chi connectivity index (χ1v) is 7.15. The maximum atomic E-state index is 14.1. The number of nitrogens with one attached hydrogen (secondary N) is 2. The summed E-state index contributed by atoms with van der Waals surface area (Å²) in [7, 11) is 0. The van der Waals surface area contributed by atoms with Gasteiger partial charge in [-0.05, 0) is 45.1 Å². The predicted octanol–water partition coefficient (Wildman–Crippen LogP) is 2.71. The fourth-order valence-electron chi connectivity index (χ4n) is 2.24. The van der Waals surface area contributed by atoms with Crippen LogP contribution >= 0.6 is 12.2 Å². The summed E-state index contributed by atoms with van der Waals surface area (Å²) in [6.07, 6.45) is -0.354. The summed E-state index contributed by atoms with van der Waals surface area (Å²) in [5.74, 6) is -2.17. The molecule has 0 saturated heterocycles. The number of esters is 1. The van der Waals surface area contributed by atoms with Crippen LogP contribution in [-0.4, -0.2) is 17.2 Å². The van der Waals surface area contributed by atoms with E-state index in [-0.39, 0.29) is 22.4 Å². The number of allylic oxidation sites excluding steroid dienone is 1. The summed E-state index contributed by atoms with van der Waals surface area (Å²) >= 11 is 5.02. The topological polar surface area (TPSA) is 50.4 Å². The van der Waals surface area contributed by atoms with Crippen molar-refractivity contribution in [2.24, 2.45) is 0 Å². The molecule has 1 heterocycles.